The molecule has 0 aliphatic carbocycles. The third-order valence-electron chi connectivity index (χ3n) is 1.90. The fourth-order valence-electron chi connectivity index (χ4n) is 0.853. The lowest BCUT2D eigenvalue weighted by Gasteiger charge is -2.11. The Balaban J connectivity index is 2.20. The maximum atomic E-state index is 5.37. The Morgan fingerprint density at radius 1 is 1.23 bits per heavy atom. The maximum absolute atomic E-state index is 5.37. The lowest BCUT2D eigenvalue weighted by atomic mass is 10.3. The average Bonchev–Trinajstić information content (AvgIpc) is 2.19. The van der Waals surface area contributed by atoms with E-state index in [1.165, 1.54) is 0 Å². The molecule has 1 aromatic rings. The molecule has 0 bridgehead atoms. The van der Waals surface area contributed by atoms with E-state index >= 15 is 0 Å². The van der Waals surface area contributed by atoms with Gasteiger partial charge >= 0.3 is 0 Å². The molecule has 1 atom stereocenters. The zero-order valence-electron chi connectivity index (χ0n) is 8.19. The van der Waals surface area contributed by atoms with Gasteiger partial charge in [0.25, 0.3) is 0 Å². The van der Waals surface area contributed by atoms with Crippen molar-refractivity contribution in [3.8, 4) is 5.75 Å². The van der Waals surface area contributed by atoms with Gasteiger partial charge in [-0.3, -0.25) is 0 Å². The molecule has 72 valence electrons. The number of ether oxygens (including phenoxy) is 2. The molecule has 0 radical (unpaired) electrons. The van der Waals surface area contributed by atoms with E-state index in [1.807, 2.05) is 37.3 Å². The summed E-state index contributed by atoms with van der Waals surface area (Å²) in [6, 6.07) is 9.68. The van der Waals surface area contributed by atoms with Crippen LogP contribution in [0.1, 0.15) is 20.3 Å². The predicted molar refractivity (Wildman–Crippen MR) is 52.8 cm³/mol. The number of benzene rings is 1. The van der Waals surface area contributed by atoms with Gasteiger partial charge in [-0.15, -0.1) is 0 Å². The summed E-state index contributed by atoms with van der Waals surface area (Å²) in [5.74, 6) is 0.853. The SMILES string of the molecule is CCC(C)OCOc1ccccc1. The number of hydrogen-bond acceptors (Lipinski definition) is 2. The van der Waals surface area contributed by atoms with Gasteiger partial charge < -0.3 is 9.47 Å². The fourth-order valence-corrected chi connectivity index (χ4v) is 0.853. The summed E-state index contributed by atoms with van der Waals surface area (Å²) >= 11 is 0. The van der Waals surface area contributed by atoms with Crippen LogP contribution in [0.5, 0.6) is 5.75 Å². The van der Waals surface area contributed by atoms with Crippen molar-refractivity contribution in [2.75, 3.05) is 6.79 Å². The van der Waals surface area contributed by atoms with Crippen LogP contribution < -0.4 is 4.74 Å². The highest BCUT2D eigenvalue weighted by atomic mass is 16.7. The fraction of sp³-hybridized carbons (Fsp3) is 0.455. The highest BCUT2D eigenvalue weighted by Crippen LogP contribution is 2.08. The average molecular weight is 180 g/mol. The molecular formula is C11H16O2. The second-order valence-electron chi connectivity index (χ2n) is 2.96. The molecule has 0 fully saturated rings. The summed E-state index contributed by atoms with van der Waals surface area (Å²) in [6.07, 6.45) is 1.28. The third kappa shape index (κ3) is 3.95. The second-order valence-corrected chi connectivity index (χ2v) is 2.96. The molecule has 0 heterocycles. The Hall–Kier alpha value is -1.02. The Morgan fingerprint density at radius 2 is 1.92 bits per heavy atom. The van der Waals surface area contributed by atoms with Crippen molar-refractivity contribution < 1.29 is 9.47 Å². The Bertz CT molecular complexity index is 221. The second kappa shape index (κ2) is 5.60. The van der Waals surface area contributed by atoms with Crippen LogP contribution in [0.4, 0.5) is 0 Å². The van der Waals surface area contributed by atoms with Gasteiger partial charge in [0.05, 0.1) is 6.10 Å². The summed E-state index contributed by atoms with van der Waals surface area (Å²) in [7, 11) is 0. The minimum atomic E-state index is 0.267. The molecular weight excluding hydrogens is 164 g/mol. The van der Waals surface area contributed by atoms with Crippen molar-refractivity contribution in [1.29, 1.82) is 0 Å². The molecule has 0 saturated carbocycles. The van der Waals surface area contributed by atoms with E-state index < -0.39 is 0 Å². The van der Waals surface area contributed by atoms with Gasteiger partial charge in [0, 0.05) is 0 Å². The van der Waals surface area contributed by atoms with E-state index in [9.17, 15) is 0 Å². The predicted octanol–water partition coefficient (Wildman–Crippen LogP) is 2.84. The smallest absolute Gasteiger partial charge is 0.189 e. The lowest BCUT2D eigenvalue weighted by Crippen LogP contribution is -2.11. The molecule has 2 heteroatoms. The maximum Gasteiger partial charge on any atom is 0.189 e. The van der Waals surface area contributed by atoms with Gasteiger partial charge in [0.15, 0.2) is 6.79 Å². The van der Waals surface area contributed by atoms with Gasteiger partial charge in [-0.2, -0.15) is 0 Å². The van der Waals surface area contributed by atoms with Gasteiger partial charge in [-0.25, -0.2) is 0 Å². The topological polar surface area (TPSA) is 18.5 Å². The molecule has 13 heavy (non-hydrogen) atoms. The van der Waals surface area contributed by atoms with Crippen LogP contribution in [0.2, 0.25) is 0 Å². The van der Waals surface area contributed by atoms with E-state index in [0.717, 1.165) is 12.2 Å². The molecule has 1 aromatic carbocycles. The van der Waals surface area contributed by atoms with Gasteiger partial charge in [0.2, 0.25) is 0 Å². The van der Waals surface area contributed by atoms with E-state index in [1.54, 1.807) is 0 Å². The van der Waals surface area contributed by atoms with Crippen LogP contribution in [0.15, 0.2) is 30.3 Å². The van der Waals surface area contributed by atoms with Crippen LogP contribution >= 0.6 is 0 Å². The summed E-state index contributed by atoms with van der Waals surface area (Å²) in [6.45, 7) is 4.46. The van der Waals surface area contributed by atoms with Gasteiger partial charge in [-0.1, -0.05) is 25.1 Å². The lowest BCUT2D eigenvalue weighted by molar-refractivity contribution is -0.0290. The molecule has 0 aliphatic heterocycles. The Morgan fingerprint density at radius 3 is 2.54 bits per heavy atom. The van der Waals surface area contributed by atoms with Crippen molar-refractivity contribution in [2.24, 2.45) is 0 Å². The van der Waals surface area contributed by atoms with E-state index in [0.29, 0.717) is 6.79 Å². The number of hydrogen-bond donors (Lipinski definition) is 0. The highest BCUT2D eigenvalue weighted by molar-refractivity contribution is 5.20. The number of rotatable bonds is 5. The monoisotopic (exact) mass is 180 g/mol. The first-order valence-corrected chi connectivity index (χ1v) is 4.62. The largest absolute Gasteiger partial charge is 0.468 e. The Kier molecular flexibility index (Phi) is 4.33. The van der Waals surface area contributed by atoms with Crippen molar-refractivity contribution in [2.45, 2.75) is 26.4 Å². The minimum absolute atomic E-state index is 0.267. The van der Waals surface area contributed by atoms with E-state index in [4.69, 9.17) is 9.47 Å². The van der Waals surface area contributed by atoms with Crippen molar-refractivity contribution in [1.82, 2.24) is 0 Å². The van der Waals surface area contributed by atoms with Crippen LogP contribution in [0.25, 0.3) is 0 Å². The normalized spacial score (nSPS) is 12.5. The third-order valence-corrected chi connectivity index (χ3v) is 1.90. The molecule has 2 nitrogen and oxygen atoms in total. The Labute approximate surface area is 79.5 Å². The first kappa shape index (κ1) is 10.1. The van der Waals surface area contributed by atoms with Crippen LogP contribution in [0, 0.1) is 0 Å². The summed E-state index contributed by atoms with van der Waals surface area (Å²) in [4.78, 5) is 0. The summed E-state index contributed by atoms with van der Waals surface area (Å²) in [5.41, 5.74) is 0. The zero-order valence-corrected chi connectivity index (χ0v) is 8.19. The van der Waals surface area contributed by atoms with Crippen molar-refractivity contribution >= 4 is 0 Å². The summed E-state index contributed by atoms with van der Waals surface area (Å²) in [5, 5.41) is 0. The van der Waals surface area contributed by atoms with E-state index in [2.05, 4.69) is 6.92 Å². The molecule has 0 saturated heterocycles. The summed E-state index contributed by atoms with van der Waals surface area (Å²) < 4.78 is 10.7. The van der Waals surface area contributed by atoms with Crippen LogP contribution in [0.3, 0.4) is 0 Å². The zero-order chi connectivity index (χ0) is 9.52. The minimum Gasteiger partial charge on any atom is -0.468 e. The highest BCUT2D eigenvalue weighted by Gasteiger charge is 1.97. The van der Waals surface area contributed by atoms with Crippen LogP contribution in [-0.2, 0) is 4.74 Å². The molecule has 0 spiro atoms. The molecule has 0 N–H and O–H groups in total. The quantitative estimate of drug-likeness (QED) is 0.649. The molecule has 1 rings (SSSR count). The van der Waals surface area contributed by atoms with Crippen molar-refractivity contribution in [3.05, 3.63) is 30.3 Å². The number of para-hydroxylation sites is 1. The standard InChI is InChI=1S/C11H16O2/c1-3-10(2)12-9-13-11-7-5-4-6-8-11/h4-8,10H,3,9H2,1-2H3. The van der Waals surface area contributed by atoms with Crippen LogP contribution in [-0.4, -0.2) is 12.9 Å². The molecule has 0 aromatic heterocycles. The van der Waals surface area contributed by atoms with Crippen molar-refractivity contribution in [3.63, 3.8) is 0 Å². The first-order chi connectivity index (χ1) is 6.33. The molecule has 1 unspecified atom stereocenters. The van der Waals surface area contributed by atoms with Gasteiger partial charge in [-0.05, 0) is 25.5 Å². The van der Waals surface area contributed by atoms with E-state index in [-0.39, 0.29) is 6.10 Å². The van der Waals surface area contributed by atoms with Gasteiger partial charge in [0.1, 0.15) is 5.75 Å². The molecule has 0 amide bonds. The molecule has 0 aliphatic rings. The first-order valence-electron chi connectivity index (χ1n) is 4.62.